The van der Waals surface area contributed by atoms with Gasteiger partial charge in [0.1, 0.15) is 12.0 Å². The Kier molecular flexibility index (Phi) is 2.58. The van der Waals surface area contributed by atoms with Crippen molar-refractivity contribution in [3.05, 3.63) is 55.5 Å². The van der Waals surface area contributed by atoms with Gasteiger partial charge in [-0.05, 0) is 23.8 Å². The second-order valence-corrected chi connectivity index (χ2v) is 5.70. The van der Waals surface area contributed by atoms with E-state index in [1.54, 1.807) is 15.5 Å². The third-order valence-corrected chi connectivity index (χ3v) is 4.16. The van der Waals surface area contributed by atoms with Gasteiger partial charge in [-0.25, -0.2) is 14.5 Å². The van der Waals surface area contributed by atoms with Crippen LogP contribution in [-0.2, 0) is 7.05 Å². The number of nitrogens with one attached hydrogen (secondary N) is 1. The minimum Gasteiger partial charge on any atom is -0.346 e. The number of aryl methyl sites for hydroxylation is 1. The number of pyridine rings is 2. The smallest absolute Gasteiger partial charge is 0.155 e. The van der Waals surface area contributed by atoms with Gasteiger partial charge in [-0.1, -0.05) is 0 Å². The van der Waals surface area contributed by atoms with E-state index in [-0.39, 0.29) is 0 Å². The Balaban J connectivity index is 1.70. The third-order valence-electron chi connectivity index (χ3n) is 4.16. The summed E-state index contributed by atoms with van der Waals surface area (Å²) in [7, 11) is 1.91. The van der Waals surface area contributed by atoms with Crippen LogP contribution in [0.2, 0.25) is 0 Å². The van der Waals surface area contributed by atoms with Crippen molar-refractivity contribution in [2.24, 2.45) is 7.05 Å². The lowest BCUT2D eigenvalue weighted by Gasteiger charge is -2.02. The number of fused-ring (bicyclic) bond motifs is 2. The Morgan fingerprint density at radius 3 is 2.83 bits per heavy atom. The highest BCUT2D eigenvalue weighted by molar-refractivity contribution is 5.96. The van der Waals surface area contributed by atoms with E-state index in [1.807, 2.05) is 50.2 Å². The molecule has 0 radical (unpaired) electrons. The van der Waals surface area contributed by atoms with Crippen molar-refractivity contribution in [2.45, 2.75) is 0 Å². The van der Waals surface area contributed by atoms with E-state index >= 15 is 0 Å². The lowest BCUT2D eigenvalue weighted by atomic mass is 10.0. The highest BCUT2D eigenvalue weighted by atomic mass is 15.3. The van der Waals surface area contributed by atoms with Crippen molar-refractivity contribution in [3.63, 3.8) is 0 Å². The molecular formula is C17H13N7. The van der Waals surface area contributed by atoms with Crippen LogP contribution < -0.4 is 0 Å². The molecular weight excluding hydrogens is 302 g/mol. The van der Waals surface area contributed by atoms with Gasteiger partial charge in [-0.2, -0.15) is 10.2 Å². The summed E-state index contributed by atoms with van der Waals surface area (Å²) in [6.45, 7) is 0. The van der Waals surface area contributed by atoms with E-state index in [1.165, 1.54) is 0 Å². The third kappa shape index (κ3) is 1.91. The highest BCUT2D eigenvalue weighted by Gasteiger charge is 2.11. The molecule has 24 heavy (non-hydrogen) atoms. The summed E-state index contributed by atoms with van der Waals surface area (Å²) in [5.41, 5.74) is 5.93. The zero-order valence-electron chi connectivity index (χ0n) is 12.9. The molecule has 116 valence electrons. The minimum absolute atomic E-state index is 0.818. The average Bonchev–Trinajstić information content (AvgIpc) is 3.32. The summed E-state index contributed by atoms with van der Waals surface area (Å²) < 4.78 is 3.54. The van der Waals surface area contributed by atoms with Crippen molar-refractivity contribution in [2.75, 3.05) is 0 Å². The first-order valence-corrected chi connectivity index (χ1v) is 7.54. The van der Waals surface area contributed by atoms with Crippen LogP contribution in [0.5, 0.6) is 0 Å². The molecule has 5 heterocycles. The van der Waals surface area contributed by atoms with Crippen molar-refractivity contribution >= 4 is 16.7 Å². The Labute approximate surface area is 136 Å². The van der Waals surface area contributed by atoms with Crippen LogP contribution in [0, 0.1) is 0 Å². The summed E-state index contributed by atoms with van der Waals surface area (Å²) >= 11 is 0. The summed E-state index contributed by atoms with van der Waals surface area (Å²) in [6, 6.07) is 6.19. The van der Waals surface area contributed by atoms with Gasteiger partial charge in [0.2, 0.25) is 0 Å². The number of hydrogen-bond donors (Lipinski definition) is 1. The number of rotatable bonds is 2. The number of H-pyrrole nitrogens is 1. The molecule has 0 unspecified atom stereocenters. The Bertz CT molecular complexity index is 1180. The normalized spacial score (nSPS) is 11.5. The predicted molar refractivity (Wildman–Crippen MR) is 90.3 cm³/mol. The van der Waals surface area contributed by atoms with E-state index < -0.39 is 0 Å². The largest absolute Gasteiger partial charge is 0.346 e. The molecule has 1 N–H and O–H groups in total. The summed E-state index contributed by atoms with van der Waals surface area (Å²) in [6.07, 6.45) is 11.1. The molecule has 0 atom stereocenters. The molecule has 0 saturated carbocycles. The van der Waals surface area contributed by atoms with Gasteiger partial charge in [-0.15, -0.1) is 0 Å². The predicted octanol–water partition coefficient (Wildman–Crippen LogP) is 2.67. The van der Waals surface area contributed by atoms with Crippen LogP contribution in [0.25, 0.3) is 38.9 Å². The molecule has 0 bridgehead atoms. The highest BCUT2D eigenvalue weighted by Crippen LogP contribution is 2.31. The Morgan fingerprint density at radius 1 is 1.00 bits per heavy atom. The summed E-state index contributed by atoms with van der Waals surface area (Å²) in [4.78, 5) is 12.0. The summed E-state index contributed by atoms with van der Waals surface area (Å²) in [5, 5.41) is 9.44. The fourth-order valence-electron chi connectivity index (χ4n) is 2.95. The van der Waals surface area contributed by atoms with Crippen LogP contribution in [0.15, 0.2) is 55.5 Å². The molecule has 5 rings (SSSR count). The fraction of sp³-hybridized carbons (Fsp3) is 0.0588. The fourth-order valence-corrected chi connectivity index (χ4v) is 2.95. The van der Waals surface area contributed by atoms with Gasteiger partial charge in [0.15, 0.2) is 5.65 Å². The van der Waals surface area contributed by atoms with Gasteiger partial charge >= 0.3 is 0 Å². The molecule has 0 aliphatic carbocycles. The monoisotopic (exact) mass is 315 g/mol. The molecule has 0 saturated heterocycles. The van der Waals surface area contributed by atoms with Crippen LogP contribution in [-0.4, -0.2) is 34.3 Å². The molecule has 5 aromatic heterocycles. The Hall–Kier alpha value is -3.48. The maximum Gasteiger partial charge on any atom is 0.155 e. The molecule has 0 amide bonds. The zero-order chi connectivity index (χ0) is 16.1. The minimum atomic E-state index is 0.818. The maximum absolute atomic E-state index is 4.54. The summed E-state index contributed by atoms with van der Waals surface area (Å²) in [5.74, 6) is 0. The molecule has 0 spiro atoms. The van der Waals surface area contributed by atoms with Crippen LogP contribution in [0.3, 0.4) is 0 Å². The number of nitrogens with zero attached hydrogens (tertiary/aromatic N) is 6. The van der Waals surface area contributed by atoms with E-state index in [0.717, 1.165) is 38.9 Å². The molecule has 0 aliphatic rings. The molecule has 7 heteroatoms. The number of aromatic amines is 1. The lowest BCUT2D eigenvalue weighted by Crippen LogP contribution is -1.87. The van der Waals surface area contributed by atoms with E-state index in [9.17, 15) is 0 Å². The van der Waals surface area contributed by atoms with E-state index in [4.69, 9.17) is 0 Å². The van der Waals surface area contributed by atoms with Gasteiger partial charge in [-0.3, -0.25) is 4.68 Å². The zero-order valence-corrected chi connectivity index (χ0v) is 12.9. The lowest BCUT2D eigenvalue weighted by molar-refractivity contribution is 0.768. The van der Waals surface area contributed by atoms with Crippen molar-refractivity contribution in [1.82, 2.24) is 34.3 Å². The topological polar surface area (TPSA) is 76.7 Å². The van der Waals surface area contributed by atoms with E-state index in [0.29, 0.717) is 0 Å². The first-order chi connectivity index (χ1) is 11.8. The first-order valence-electron chi connectivity index (χ1n) is 7.54. The average molecular weight is 315 g/mol. The van der Waals surface area contributed by atoms with Crippen LogP contribution >= 0.6 is 0 Å². The van der Waals surface area contributed by atoms with Gasteiger partial charge in [0.25, 0.3) is 0 Å². The van der Waals surface area contributed by atoms with Crippen molar-refractivity contribution in [1.29, 1.82) is 0 Å². The Morgan fingerprint density at radius 2 is 1.96 bits per heavy atom. The SMILES string of the molecule is Cn1cc(-c2cnc3[nH]cc(-c4ccn5ncnc5c4)c3c2)cn1. The van der Waals surface area contributed by atoms with E-state index in [2.05, 4.69) is 31.2 Å². The first kappa shape index (κ1) is 13.0. The van der Waals surface area contributed by atoms with Gasteiger partial charge in [0, 0.05) is 53.9 Å². The number of aromatic nitrogens is 7. The van der Waals surface area contributed by atoms with Gasteiger partial charge in [0.05, 0.1) is 6.20 Å². The second kappa shape index (κ2) is 4.76. The maximum atomic E-state index is 4.54. The van der Waals surface area contributed by atoms with Crippen molar-refractivity contribution in [3.8, 4) is 22.3 Å². The molecule has 0 aliphatic heterocycles. The standard InChI is InChI=1S/C17H13N7/c1-23-9-13(7-21-23)12-4-14-15(8-19-17(14)18-6-12)11-2-3-24-16(5-11)20-10-22-24/h2-10H,1H3,(H,18,19). The molecule has 0 aromatic carbocycles. The van der Waals surface area contributed by atoms with Crippen molar-refractivity contribution < 1.29 is 0 Å². The van der Waals surface area contributed by atoms with Crippen LogP contribution in [0.4, 0.5) is 0 Å². The van der Waals surface area contributed by atoms with Crippen LogP contribution in [0.1, 0.15) is 0 Å². The molecule has 5 aromatic rings. The number of hydrogen-bond acceptors (Lipinski definition) is 4. The molecule has 0 fully saturated rings. The molecule has 7 nitrogen and oxygen atoms in total. The second-order valence-electron chi connectivity index (χ2n) is 5.70. The van der Waals surface area contributed by atoms with Gasteiger partial charge < -0.3 is 4.98 Å². The quantitative estimate of drug-likeness (QED) is 0.543.